The molecule has 2 aromatic carbocycles. The van der Waals surface area contributed by atoms with Crippen molar-refractivity contribution in [1.82, 2.24) is 4.98 Å². The third kappa shape index (κ3) is 3.03. The molecule has 0 saturated carbocycles. The van der Waals surface area contributed by atoms with E-state index in [1.165, 1.54) is 13.0 Å². The van der Waals surface area contributed by atoms with Crippen molar-refractivity contribution in [1.29, 1.82) is 0 Å². The number of H-pyrrole nitrogens is 1. The average Bonchev–Trinajstić information content (AvgIpc) is 2.97. The number of para-hydroxylation sites is 1. The zero-order chi connectivity index (χ0) is 17.3. The maximum atomic E-state index is 13.0. The van der Waals surface area contributed by atoms with Gasteiger partial charge < -0.3 is 9.72 Å². The zero-order valence-electron chi connectivity index (χ0n) is 12.7. The van der Waals surface area contributed by atoms with E-state index in [0.29, 0.717) is 5.56 Å². The van der Waals surface area contributed by atoms with Gasteiger partial charge in [0, 0.05) is 22.7 Å². The number of halogens is 2. The molecular formula is C18H13ClFNO3. The van der Waals surface area contributed by atoms with Crippen molar-refractivity contribution in [3.8, 4) is 0 Å². The fraction of sp³-hybridized carbons (Fsp3) is 0.111. The van der Waals surface area contributed by atoms with Crippen molar-refractivity contribution >= 4 is 34.3 Å². The van der Waals surface area contributed by atoms with Crippen LogP contribution in [0, 0.1) is 5.82 Å². The number of ether oxygens (including phenoxy) is 1. The minimum atomic E-state index is -1.00. The molecule has 24 heavy (non-hydrogen) atoms. The third-order valence-electron chi connectivity index (χ3n) is 3.66. The van der Waals surface area contributed by atoms with E-state index in [1.807, 2.05) is 24.3 Å². The Morgan fingerprint density at radius 2 is 1.92 bits per heavy atom. The molecule has 122 valence electrons. The molecule has 1 aromatic heterocycles. The highest BCUT2D eigenvalue weighted by atomic mass is 35.5. The minimum absolute atomic E-state index is 0.0108. The Bertz CT molecular complexity index is 935. The van der Waals surface area contributed by atoms with E-state index in [1.54, 1.807) is 6.20 Å². The summed E-state index contributed by atoms with van der Waals surface area (Å²) >= 11 is 5.83. The van der Waals surface area contributed by atoms with Gasteiger partial charge in [-0.05, 0) is 31.2 Å². The van der Waals surface area contributed by atoms with Crippen molar-refractivity contribution in [2.45, 2.75) is 13.0 Å². The van der Waals surface area contributed by atoms with Crippen molar-refractivity contribution in [2.75, 3.05) is 0 Å². The number of esters is 1. The zero-order valence-corrected chi connectivity index (χ0v) is 13.4. The number of ketones is 1. The van der Waals surface area contributed by atoms with Gasteiger partial charge in [-0.25, -0.2) is 9.18 Å². The lowest BCUT2D eigenvalue weighted by atomic mass is 10.1. The van der Waals surface area contributed by atoms with E-state index >= 15 is 0 Å². The second-order valence-corrected chi connectivity index (χ2v) is 5.69. The fourth-order valence-corrected chi connectivity index (χ4v) is 2.67. The Morgan fingerprint density at radius 1 is 1.17 bits per heavy atom. The van der Waals surface area contributed by atoms with Crippen LogP contribution < -0.4 is 0 Å². The molecule has 0 aliphatic rings. The summed E-state index contributed by atoms with van der Waals surface area (Å²) in [5, 5.41) is 0.692. The maximum Gasteiger partial charge on any atom is 0.340 e. The highest BCUT2D eigenvalue weighted by Gasteiger charge is 2.23. The van der Waals surface area contributed by atoms with Crippen LogP contribution in [0.2, 0.25) is 5.02 Å². The minimum Gasteiger partial charge on any atom is -0.451 e. The summed E-state index contributed by atoms with van der Waals surface area (Å²) in [5.41, 5.74) is 1.27. The summed E-state index contributed by atoms with van der Waals surface area (Å²) in [6.45, 7) is 1.49. The third-order valence-corrected chi connectivity index (χ3v) is 3.97. The highest BCUT2D eigenvalue weighted by Crippen LogP contribution is 2.22. The van der Waals surface area contributed by atoms with E-state index in [0.717, 1.165) is 23.0 Å². The maximum absolute atomic E-state index is 13.0. The Kier molecular flexibility index (Phi) is 4.36. The second-order valence-electron chi connectivity index (χ2n) is 5.28. The van der Waals surface area contributed by atoms with Crippen molar-refractivity contribution in [3.63, 3.8) is 0 Å². The van der Waals surface area contributed by atoms with Gasteiger partial charge in [0.15, 0.2) is 6.10 Å². The summed E-state index contributed by atoms with van der Waals surface area (Å²) in [5.74, 6) is -1.67. The van der Waals surface area contributed by atoms with E-state index in [-0.39, 0.29) is 16.4 Å². The van der Waals surface area contributed by atoms with E-state index in [2.05, 4.69) is 4.98 Å². The molecule has 3 aromatic rings. The number of rotatable bonds is 4. The topological polar surface area (TPSA) is 59.2 Å². The van der Waals surface area contributed by atoms with E-state index < -0.39 is 17.9 Å². The average molecular weight is 346 g/mol. The molecule has 0 amide bonds. The Hall–Kier alpha value is -2.66. The molecule has 6 heteroatoms. The summed E-state index contributed by atoms with van der Waals surface area (Å²) in [4.78, 5) is 27.7. The number of aromatic amines is 1. The molecule has 0 bridgehead atoms. The van der Waals surface area contributed by atoms with Gasteiger partial charge in [-0.15, -0.1) is 0 Å². The molecule has 1 heterocycles. The van der Waals surface area contributed by atoms with Crippen molar-refractivity contribution in [2.24, 2.45) is 0 Å². The van der Waals surface area contributed by atoms with Gasteiger partial charge in [0.05, 0.1) is 10.6 Å². The number of carbonyl (C=O) groups excluding carboxylic acids is 2. The smallest absolute Gasteiger partial charge is 0.340 e. The summed E-state index contributed by atoms with van der Waals surface area (Å²) in [6.07, 6.45) is 0.584. The molecule has 0 aliphatic heterocycles. The molecule has 3 rings (SSSR count). The standard InChI is InChI=1S/C18H13ClFNO3/c1-10(24-18(23)13-7-6-11(20)8-15(13)19)17(22)14-9-21-16-5-3-2-4-12(14)16/h2-10,21H,1H3/t10-/m0/s1. The van der Waals surface area contributed by atoms with Crippen LogP contribution in [-0.4, -0.2) is 22.8 Å². The van der Waals surface area contributed by atoms with Gasteiger partial charge in [-0.1, -0.05) is 29.8 Å². The number of carbonyl (C=O) groups is 2. The van der Waals surface area contributed by atoms with Crippen LogP contribution in [0.4, 0.5) is 4.39 Å². The Morgan fingerprint density at radius 3 is 2.67 bits per heavy atom. The lowest BCUT2D eigenvalue weighted by Crippen LogP contribution is -2.24. The van der Waals surface area contributed by atoms with E-state index in [9.17, 15) is 14.0 Å². The van der Waals surface area contributed by atoms with Crippen LogP contribution in [-0.2, 0) is 4.74 Å². The molecule has 0 saturated heterocycles. The molecule has 1 atom stereocenters. The first-order valence-corrected chi connectivity index (χ1v) is 7.61. The first-order valence-electron chi connectivity index (χ1n) is 7.23. The lowest BCUT2D eigenvalue weighted by molar-refractivity contribution is 0.0319. The molecule has 0 unspecified atom stereocenters. The predicted octanol–water partition coefficient (Wildman–Crippen LogP) is 4.39. The number of Topliss-reactive ketones (excluding diaryl/α,β-unsaturated/α-hetero) is 1. The number of aromatic nitrogens is 1. The molecule has 1 N–H and O–H groups in total. The molecule has 0 aliphatic carbocycles. The second kappa shape index (κ2) is 6.45. The van der Waals surface area contributed by atoms with Gasteiger partial charge in [0.25, 0.3) is 0 Å². The van der Waals surface area contributed by atoms with Gasteiger partial charge in [-0.2, -0.15) is 0 Å². The summed E-state index contributed by atoms with van der Waals surface area (Å²) in [7, 11) is 0. The molecule has 0 radical (unpaired) electrons. The quantitative estimate of drug-likeness (QED) is 0.563. The van der Waals surface area contributed by atoms with Crippen molar-refractivity contribution < 1.29 is 18.7 Å². The van der Waals surface area contributed by atoms with Gasteiger partial charge in [0.2, 0.25) is 5.78 Å². The number of hydrogen-bond donors (Lipinski definition) is 1. The highest BCUT2D eigenvalue weighted by molar-refractivity contribution is 6.33. The van der Waals surface area contributed by atoms with Crippen LogP contribution in [0.15, 0.2) is 48.7 Å². The van der Waals surface area contributed by atoms with Crippen LogP contribution in [0.5, 0.6) is 0 Å². The van der Waals surface area contributed by atoms with Gasteiger partial charge in [0.1, 0.15) is 5.82 Å². The van der Waals surface area contributed by atoms with Crippen molar-refractivity contribution in [3.05, 3.63) is 70.6 Å². The summed E-state index contributed by atoms with van der Waals surface area (Å²) in [6, 6.07) is 10.7. The molecule has 0 fully saturated rings. The van der Waals surface area contributed by atoms with Crippen LogP contribution in [0.3, 0.4) is 0 Å². The molecule has 4 nitrogen and oxygen atoms in total. The first kappa shape index (κ1) is 16.2. The number of fused-ring (bicyclic) bond motifs is 1. The van der Waals surface area contributed by atoms with Gasteiger partial charge >= 0.3 is 5.97 Å². The molecular weight excluding hydrogens is 333 g/mol. The SMILES string of the molecule is C[C@H](OC(=O)c1ccc(F)cc1Cl)C(=O)c1c[nH]c2ccccc12. The molecule has 0 spiro atoms. The van der Waals surface area contributed by atoms with Gasteiger partial charge in [-0.3, -0.25) is 4.79 Å². The summed E-state index contributed by atoms with van der Waals surface area (Å²) < 4.78 is 18.2. The number of benzene rings is 2. The fourth-order valence-electron chi connectivity index (χ4n) is 2.43. The van der Waals surface area contributed by atoms with E-state index in [4.69, 9.17) is 16.3 Å². The number of nitrogens with one attached hydrogen (secondary N) is 1. The Balaban J connectivity index is 1.80. The van der Waals surface area contributed by atoms with Crippen LogP contribution in [0.25, 0.3) is 10.9 Å². The predicted molar refractivity (Wildman–Crippen MR) is 88.9 cm³/mol. The van der Waals surface area contributed by atoms with Crippen LogP contribution >= 0.6 is 11.6 Å². The number of hydrogen-bond acceptors (Lipinski definition) is 3. The lowest BCUT2D eigenvalue weighted by Gasteiger charge is -2.12. The monoisotopic (exact) mass is 345 g/mol. The van der Waals surface area contributed by atoms with Crippen LogP contribution in [0.1, 0.15) is 27.6 Å². The normalized spacial score (nSPS) is 12.1. The largest absolute Gasteiger partial charge is 0.451 e. The Labute approximate surface area is 142 Å². The first-order chi connectivity index (χ1) is 11.5.